The fraction of sp³-hybridized carbons (Fsp3) is 1.00. The molecular formula is C9H18O2. The minimum atomic E-state index is 0.0929. The first-order valence-corrected chi connectivity index (χ1v) is 4.68. The second-order valence-electron chi connectivity index (χ2n) is 3.45. The molecule has 0 aromatic rings. The maximum Gasteiger partial charge on any atom is 0.0952 e. The Kier molecular flexibility index (Phi) is 3.87. The van der Waals surface area contributed by atoms with Crippen LogP contribution in [-0.4, -0.2) is 11.4 Å². The van der Waals surface area contributed by atoms with Gasteiger partial charge in [0.2, 0.25) is 0 Å². The second-order valence-corrected chi connectivity index (χ2v) is 3.45. The molecule has 1 saturated carbocycles. The van der Waals surface area contributed by atoms with Crippen molar-refractivity contribution in [2.75, 3.05) is 0 Å². The molecule has 1 atom stereocenters. The maximum atomic E-state index is 8.58. The highest BCUT2D eigenvalue weighted by Gasteiger charge is 2.22. The van der Waals surface area contributed by atoms with Gasteiger partial charge in [-0.05, 0) is 25.2 Å². The highest BCUT2D eigenvalue weighted by atomic mass is 17.1. The van der Waals surface area contributed by atoms with E-state index in [0.717, 1.165) is 6.42 Å². The predicted molar refractivity (Wildman–Crippen MR) is 44.4 cm³/mol. The zero-order chi connectivity index (χ0) is 8.10. The summed E-state index contributed by atoms with van der Waals surface area (Å²) in [6, 6.07) is 0. The maximum absolute atomic E-state index is 8.58. The molecule has 0 heterocycles. The smallest absolute Gasteiger partial charge is 0.0952 e. The molecule has 0 aliphatic heterocycles. The predicted octanol–water partition coefficient (Wildman–Crippen LogP) is 2.83. The topological polar surface area (TPSA) is 29.5 Å². The van der Waals surface area contributed by atoms with Crippen LogP contribution in [0.15, 0.2) is 0 Å². The van der Waals surface area contributed by atoms with E-state index in [9.17, 15) is 0 Å². The van der Waals surface area contributed by atoms with E-state index in [1.807, 2.05) is 0 Å². The molecule has 1 N–H and O–H groups in total. The Bertz CT molecular complexity index is 93.7. The van der Waals surface area contributed by atoms with Crippen molar-refractivity contribution in [2.45, 2.75) is 51.6 Å². The molecular weight excluding hydrogens is 140 g/mol. The summed E-state index contributed by atoms with van der Waals surface area (Å²) in [5.41, 5.74) is 0. The van der Waals surface area contributed by atoms with Crippen molar-refractivity contribution in [3.8, 4) is 0 Å². The standard InChI is InChI=1S/C9H18O2/c1-2-9(11-10)8-6-4-3-5-7-8/h8-10H,2-7H2,1H3. The first kappa shape index (κ1) is 9.01. The van der Waals surface area contributed by atoms with Crippen LogP contribution in [0.25, 0.3) is 0 Å². The Morgan fingerprint density at radius 3 is 2.45 bits per heavy atom. The lowest BCUT2D eigenvalue weighted by atomic mass is 9.84. The minimum Gasteiger partial charge on any atom is -0.252 e. The van der Waals surface area contributed by atoms with Crippen molar-refractivity contribution in [1.82, 2.24) is 0 Å². The second kappa shape index (κ2) is 4.73. The number of hydrogen-bond acceptors (Lipinski definition) is 2. The summed E-state index contributed by atoms with van der Waals surface area (Å²) in [5, 5.41) is 8.58. The lowest BCUT2D eigenvalue weighted by molar-refractivity contribution is -0.292. The van der Waals surface area contributed by atoms with Crippen LogP contribution in [0.4, 0.5) is 0 Å². The summed E-state index contributed by atoms with van der Waals surface area (Å²) in [4.78, 5) is 4.44. The molecule has 1 rings (SSSR count). The Hall–Kier alpha value is -0.0800. The van der Waals surface area contributed by atoms with Crippen LogP contribution in [-0.2, 0) is 4.89 Å². The summed E-state index contributed by atoms with van der Waals surface area (Å²) in [6.07, 6.45) is 7.47. The minimum absolute atomic E-state index is 0.0929. The molecule has 1 unspecified atom stereocenters. The monoisotopic (exact) mass is 158 g/mol. The zero-order valence-corrected chi connectivity index (χ0v) is 7.25. The lowest BCUT2D eigenvalue weighted by Gasteiger charge is -2.26. The van der Waals surface area contributed by atoms with Crippen molar-refractivity contribution in [3.63, 3.8) is 0 Å². The van der Waals surface area contributed by atoms with Gasteiger partial charge in [-0.3, -0.25) is 5.26 Å². The highest BCUT2D eigenvalue weighted by Crippen LogP contribution is 2.28. The van der Waals surface area contributed by atoms with Crippen molar-refractivity contribution in [3.05, 3.63) is 0 Å². The van der Waals surface area contributed by atoms with E-state index in [-0.39, 0.29) is 6.10 Å². The molecule has 0 amide bonds. The van der Waals surface area contributed by atoms with Crippen molar-refractivity contribution < 1.29 is 10.1 Å². The number of rotatable bonds is 3. The van der Waals surface area contributed by atoms with E-state index in [0.29, 0.717) is 5.92 Å². The van der Waals surface area contributed by atoms with Crippen molar-refractivity contribution in [1.29, 1.82) is 0 Å². The molecule has 0 spiro atoms. The third-order valence-electron chi connectivity index (χ3n) is 2.71. The van der Waals surface area contributed by atoms with Crippen LogP contribution >= 0.6 is 0 Å². The van der Waals surface area contributed by atoms with Crippen molar-refractivity contribution >= 4 is 0 Å². The van der Waals surface area contributed by atoms with Gasteiger partial charge in [0.25, 0.3) is 0 Å². The van der Waals surface area contributed by atoms with Crippen LogP contribution in [0.5, 0.6) is 0 Å². The molecule has 2 nitrogen and oxygen atoms in total. The third-order valence-corrected chi connectivity index (χ3v) is 2.71. The average Bonchev–Trinajstić information content (AvgIpc) is 2.09. The molecule has 0 saturated heterocycles. The van der Waals surface area contributed by atoms with Gasteiger partial charge in [0.15, 0.2) is 0 Å². The molecule has 66 valence electrons. The Morgan fingerprint density at radius 2 is 2.00 bits per heavy atom. The van der Waals surface area contributed by atoms with E-state index in [4.69, 9.17) is 5.26 Å². The van der Waals surface area contributed by atoms with E-state index in [2.05, 4.69) is 11.8 Å². The largest absolute Gasteiger partial charge is 0.252 e. The highest BCUT2D eigenvalue weighted by molar-refractivity contribution is 4.72. The first-order valence-electron chi connectivity index (χ1n) is 4.68. The van der Waals surface area contributed by atoms with E-state index in [1.165, 1.54) is 32.1 Å². The fourth-order valence-electron chi connectivity index (χ4n) is 2.00. The van der Waals surface area contributed by atoms with Crippen LogP contribution in [0.3, 0.4) is 0 Å². The van der Waals surface area contributed by atoms with Gasteiger partial charge < -0.3 is 0 Å². The Balaban J connectivity index is 2.30. The molecule has 0 bridgehead atoms. The van der Waals surface area contributed by atoms with Gasteiger partial charge >= 0.3 is 0 Å². The molecule has 1 aliphatic carbocycles. The molecule has 1 fully saturated rings. The van der Waals surface area contributed by atoms with Gasteiger partial charge in [0.1, 0.15) is 0 Å². The third kappa shape index (κ3) is 2.46. The van der Waals surface area contributed by atoms with E-state index in [1.54, 1.807) is 0 Å². The van der Waals surface area contributed by atoms with Crippen LogP contribution in [0, 0.1) is 5.92 Å². The zero-order valence-electron chi connectivity index (χ0n) is 7.25. The first-order chi connectivity index (χ1) is 5.38. The Labute approximate surface area is 68.5 Å². The van der Waals surface area contributed by atoms with Crippen LogP contribution in [0.1, 0.15) is 45.4 Å². The van der Waals surface area contributed by atoms with Crippen molar-refractivity contribution in [2.24, 2.45) is 5.92 Å². The Morgan fingerprint density at radius 1 is 1.36 bits per heavy atom. The molecule has 2 heteroatoms. The molecule has 0 aromatic heterocycles. The average molecular weight is 158 g/mol. The lowest BCUT2D eigenvalue weighted by Crippen LogP contribution is -2.24. The molecule has 11 heavy (non-hydrogen) atoms. The molecule has 0 aromatic carbocycles. The summed E-state index contributed by atoms with van der Waals surface area (Å²) >= 11 is 0. The summed E-state index contributed by atoms with van der Waals surface area (Å²) in [7, 11) is 0. The van der Waals surface area contributed by atoms with Crippen LogP contribution in [0.2, 0.25) is 0 Å². The van der Waals surface area contributed by atoms with Gasteiger partial charge in [-0.15, -0.1) is 0 Å². The van der Waals surface area contributed by atoms with Gasteiger partial charge in [0.05, 0.1) is 6.10 Å². The van der Waals surface area contributed by atoms with Gasteiger partial charge in [0, 0.05) is 0 Å². The quantitative estimate of drug-likeness (QED) is 0.505. The van der Waals surface area contributed by atoms with Gasteiger partial charge in [-0.25, -0.2) is 4.89 Å². The SMILES string of the molecule is CCC(OO)C1CCCCC1. The summed E-state index contributed by atoms with van der Waals surface area (Å²) < 4.78 is 0. The molecule has 0 radical (unpaired) electrons. The summed E-state index contributed by atoms with van der Waals surface area (Å²) in [5.74, 6) is 0.610. The summed E-state index contributed by atoms with van der Waals surface area (Å²) in [6.45, 7) is 2.06. The van der Waals surface area contributed by atoms with E-state index >= 15 is 0 Å². The number of hydrogen-bond donors (Lipinski definition) is 1. The normalized spacial score (nSPS) is 23.5. The van der Waals surface area contributed by atoms with Gasteiger partial charge in [-0.2, -0.15) is 0 Å². The van der Waals surface area contributed by atoms with Gasteiger partial charge in [-0.1, -0.05) is 26.2 Å². The fourth-order valence-corrected chi connectivity index (χ4v) is 2.00. The molecule has 1 aliphatic rings. The van der Waals surface area contributed by atoms with E-state index < -0.39 is 0 Å². The van der Waals surface area contributed by atoms with Crippen LogP contribution < -0.4 is 0 Å².